The van der Waals surface area contributed by atoms with Crippen molar-refractivity contribution < 1.29 is 9.59 Å². The molecule has 0 bridgehead atoms. The molecule has 7 heteroatoms. The SMILES string of the molecule is CN(CC(=O)NC(=O)NC(C)(C)C)C1CCCNCC1.Cl. The lowest BCUT2D eigenvalue weighted by Gasteiger charge is -2.26. The van der Waals surface area contributed by atoms with Crippen LogP contribution in [0.4, 0.5) is 4.79 Å². The molecule has 1 unspecified atom stereocenters. The van der Waals surface area contributed by atoms with Gasteiger partial charge in [-0.25, -0.2) is 4.79 Å². The monoisotopic (exact) mass is 320 g/mol. The van der Waals surface area contributed by atoms with Crippen LogP contribution in [0.1, 0.15) is 40.0 Å². The van der Waals surface area contributed by atoms with Crippen LogP contribution in [-0.2, 0) is 4.79 Å². The average Bonchev–Trinajstić information content (AvgIpc) is 2.53. The van der Waals surface area contributed by atoms with Gasteiger partial charge in [0.1, 0.15) is 0 Å². The van der Waals surface area contributed by atoms with Gasteiger partial charge in [0.2, 0.25) is 5.91 Å². The molecule has 1 aliphatic rings. The highest BCUT2D eigenvalue weighted by atomic mass is 35.5. The normalized spacial score (nSPS) is 19.4. The highest BCUT2D eigenvalue weighted by Crippen LogP contribution is 2.11. The molecule has 0 aromatic heterocycles. The number of hydrogen-bond acceptors (Lipinski definition) is 4. The molecule has 1 atom stereocenters. The molecule has 1 saturated heterocycles. The molecule has 0 spiro atoms. The van der Waals surface area contributed by atoms with Crippen molar-refractivity contribution in [3.05, 3.63) is 0 Å². The first-order valence-corrected chi connectivity index (χ1v) is 7.31. The van der Waals surface area contributed by atoms with Gasteiger partial charge in [-0.15, -0.1) is 12.4 Å². The molecule has 1 rings (SSSR count). The third-order valence-corrected chi connectivity index (χ3v) is 3.30. The van der Waals surface area contributed by atoms with Gasteiger partial charge in [0.05, 0.1) is 6.54 Å². The second-order valence-corrected chi connectivity index (χ2v) is 6.50. The molecule has 6 nitrogen and oxygen atoms in total. The van der Waals surface area contributed by atoms with E-state index in [1.807, 2.05) is 32.7 Å². The second kappa shape index (κ2) is 9.23. The molecule has 3 amide bonds. The Morgan fingerprint density at radius 3 is 2.52 bits per heavy atom. The Hall–Kier alpha value is -0.850. The van der Waals surface area contributed by atoms with E-state index in [0.29, 0.717) is 6.04 Å². The van der Waals surface area contributed by atoms with Crippen LogP contribution < -0.4 is 16.0 Å². The van der Waals surface area contributed by atoms with Crippen LogP contribution in [0.25, 0.3) is 0 Å². The van der Waals surface area contributed by atoms with E-state index in [4.69, 9.17) is 0 Å². The summed E-state index contributed by atoms with van der Waals surface area (Å²) in [7, 11) is 1.94. The van der Waals surface area contributed by atoms with Crippen molar-refractivity contribution in [2.45, 2.75) is 51.6 Å². The maximum absolute atomic E-state index is 11.8. The number of amides is 3. The number of halogens is 1. The lowest BCUT2D eigenvalue weighted by Crippen LogP contribution is -2.50. The topological polar surface area (TPSA) is 73.5 Å². The Bertz CT molecular complexity index is 336. The van der Waals surface area contributed by atoms with Gasteiger partial charge in [0, 0.05) is 11.6 Å². The standard InChI is InChI=1S/C14H28N4O2.ClH/c1-14(2,3)17-13(20)16-12(19)10-18(4)11-6-5-8-15-9-7-11;/h11,15H,5-10H2,1-4H3,(H2,16,17,19,20);1H. The molecule has 0 aromatic rings. The van der Waals surface area contributed by atoms with E-state index in [2.05, 4.69) is 16.0 Å². The molecular formula is C14H29ClN4O2. The van der Waals surface area contributed by atoms with Gasteiger partial charge >= 0.3 is 6.03 Å². The minimum Gasteiger partial charge on any atom is -0.333 e. The molecule has 21 heavy (non-hydrogen) atoms. The highest BCUT2D eigenvalue weighted by molar-refractivity contribution is 5.95. The Balaban J connectivity index is 0.00000400. The van der Waals surface area contributed by atoms with Crippen LogP contribution in [0.5, 0.6) is 0 Å². The van der Waals surface area contributed by atoms with E-state index in [-0.39, 0.29) is 30.4 Å². The quantitative estimate of drug-likeness (QED) is 0.728. The lowest BCUT2D eigenvalue weighted by molar-refractivity contribution is -0.121. The smallest absolute Gasteiger partial charge is 0.321 e. The average molecular weight is 321 g/mol. The van der Waals surface area contributed by atoms with Crippen LogP contribution in [0.15, 0.2) is 0 Å². The van der Waals surface area contributed by atoms with Crippen molar-refractivity contribution >= 4 is 24.3 Å². The molecule has 1 aliphatic heterocycles. The van der Waals surface area contributed by atoms with Gasteiger partial charge < -0.3 is 10.6 Å². The van der Waals surface area contributed by atoms with E-state index >= 15 is 0 Å². The third-order valence-electron chi connectivity index (χ3n) is 3.30. The van der Waals surface area contributed by atoms with Crippen molar-refractivity contribution in [2.24, 2.45) is 0 Å². The first kappa shape index (κ1) is 20.1. The fourth-order valence-electron chi connectivity index (χ4n) is 2.34. The number of carbonyl (C=O) groups excluding carboxylic acids is 2. The highest BCUT2D eigenvalue weighted by Gasteiger charge is 2.20. The van der Waals surface area contributed by atoms with Crippen LogP contribution in [0.3, 0.4) is 0 Å². The Labute approximate surface area is 133 Å². The second-order valence-electron chi connectivity index (χ2n) is 6.50. The fraction of sp³-hybridized carbons (Fsp3) is 0.857. The van der Waals surface area contributed by atoms with Gasteiger partial charge in [-0.3, -0.25) is 15.0 Å². The zero-order valence-corrected chi connectivity index (χ0v) is 14.3. The number of carbonyl (C=O) groups is 2. The molecule has 1 fully saturated rings. The summed E-state index contributed by atoms with van der Waals surface area (Å²) < 4.78 is 0. The summed E-state index contributed by atoms with van der Waals surface area (Å²) in [6.45, 7) is 7.92. The van der Waals surface area contributed by atoms with Crippen molar-refractivity contribution in [3.63, 3.8) is 0 Å². The summed E-state index contributed by atoms with van der Waals surface area (Å²) in [5.74, 6) is -0.258. The summed E-state index contributed by atoms with van der Waals surface area (Å²) >= 11 is 0. The molecule has 0 aliphatic carbocycles. The van der Waals surface area contributed by atoms with E-state index in [0.717, 1.165) is 32.4 Å². The third kappa shape index (κ3) is 8.90. The number of nitrogens with zero attached hydrogens (tertiary/aromatic N) is 1. The molecular weight excluding hydrogens is 292 g/mol. The van der Waals surface area contributed by atoms with Crippen LogP contribution in [0, 0.1) is 0 Å². The number of rotatable bonds is 3. The van der Waals surface area contributed by atoms with Gasteiger partial charge in [-0.1, -0.05) is 0 Å². The zero-order valence-electron chi connectivity index (χ0n) is 13.5. The summed E-state index contributed by atoms with van der Waals surface area (Å²) in [5, 5.41) is 8.44. The molecule has 0 saturated carbocycles. The Kier molecular flexibility index (Phi) is 8.85. The first-order valence-electron chi connectivity index (χ1n) is 7.31. The van der Waals surface area contributed by atoms with Gasteiger partial charge in [0.25, 0.3) is 0 Å². The molecule has 124 valence electrons. The number of hydrogen-bond donors (Lipinski definition) is 3. The maximum Gasteiger partial charge on any atom is 0.321 e. The van der Waals surface area contributed by atoms with Gasteiger partial charge in [-0.05, 0) is 60.2 Å². The zero-order chi connectivity index (χ0) is 15.2. The van der Waals surface area contributed by atoms with E-state index in [9.17, 15) is 9.59 Å². The first-order chi connectivity index (χ1) is 9.28. The van der Waals surface area contributed by atoms with E-state index in [1.54, 1.807) is 0 Å². The number of imide groups is 1. The minimum absolute atomic E-state index is 0. The summed E-state index contributed by atoms with van der Waals surface area (Å²) in [5.41, 5.74) is -0.344. The van der Waals surface area contributed by atoms with Crippen molar-refractivity contribution in [3.8, 4) is 0 Å². The fourth-order valence-corrected chi connectivity index (χ4v) is 2.34. The van der Waals surface area contributed by atoms with Crippen LogP contribution >= 0.6 is 12.4 Å². The summed E-state index contributed by atoms with van der Waals surface area (Å²) in [4.78, 5) is 25.5. The number of likely N-dealkylation sites (N-methyl/N-ethyl adjacent to an activating group) is 1. The predicted molar refractivity (Wildman–Crippen MR) is 86.8 cm³/mol. The Morgan fingerprint density at radius 1 is 1.24 bits per heavy atom. The largest absolute Gasteiger partial charge is 0.333 e. The van der Waals surface area contributed by atoms with Crippen LogP contribution in [-0.4, -0.2) is 55.1 Å². The maximum atomic E-state index is 11.8. The lowest BCUT2D eigenvalue weighted by atomic mass is 10.1. The van der Waals surface area contributed by atoms with Crippen molar-refractivity contribution in [2.75, 3.05) is 26.7 Å². The molecule has 0 aromatic carbocycles. The number of nitrogens with one attached hydrogen (secondary N) is 3. The summed E-state index contributed by atoms with van der Waals surface area (Å²) in [6, 6.07) is -0.0279. The molecule has 3 N–H and O–H groups in total. The molecule has 0 radical (unpaired) electrons. The van der Waals surface area contributed by atoms with E-state index in [1.165, 1.54) is 0 Å². The van der Waals surface area contributed by atoms with E-state index < -0.39 is 6.03 Å². The van der Waals surface area contributed by atoms with Crippen LogP contribution in [0.2, 0.25) is 0 Å². The predicted octanol–water partition coefficient (Wildman–Crippen LogP) is 1.11. The molecule has 1 heterocycles. The van der Waals surface area contributed by atoms with Crippen molar-refractivity contribution in [1.29, 1.82) is 0 Å². The van der Waals surface area contributed by atoms with Gasteiger partial charge in [-0.2, -0.15) is 0 Å². The Morgan fingerprint density at radius 2 is 1.90 bits per heavy atom. The van der Waals surface area contributed by atoms with Gasteiger partial charge in [0.15, 0.2) is 0 Å². The number of urea groups is 1. The minimum atomic E-state index is -0.432. The van der Waals surface area contributed by atoms with Crippen molar-refractivity contribution in [1.82, 2.24) is 20.9 Å². The summed E-state index contributed by atoms with van der Waals surface area (Å²) in [6.07, 6.45) is 3.25.